The summed E-state index contributed by atoms with van der Waals surface area (Å²) in [6.45, 7) is 5.82. The Morgan fingerprint density at radius 1 is 0.964 bits per heavy atom. The van der Waals surface area contributed by atoms with Crippen LogP contribution in [-0.4, -0.2) is 49.1 Å². The molecule has 0 aliphatic carbocycles. The molecule has 0 saturated heterocycles. The molecular formula is C23H32N2O3. The molecule has 0 amide bonds. The van der Waals surface area contributed by atoms with E-state index in [4.69, 9.17) is 9.47 Å². The van der Waals surface area contributed by atoms with Gasteiger partial charge in [-0.2, -0.15) is 0 Å². The van der Waals surface area contributed by atoms with Crippen molar-refractivity contribution < 1.29 is 14.6 Å². The normalized spacial score (nSPS) is 19.0. The Hall–Kier alpha value is -2.08. The third-order valence-electron chi connectivity index (χ3n) is 5.17. The summed E-state index contributed by atoms with van der Waals surface area (Å²) in [7, 11) is 0. The Kier molecular flexibility index (Phi) is 7.71. The zero-order valence-corrected chi connectivity index (χ0v) is 16.8. The molecule has 5 nitrogen and oxygen atoms in total. The Balaban J connectivity index is 1.32. The van der Waals surface area contributed by atoms with Crippen LogP contribution in [0.25, 0.3) is 0 Å². The first-order chi connectivity index (χ1) is 13.6. The van der Waals surface area contributed by atoms with Gasteiger partial charge in [-0.1, -0.05) is 42.5 Å². The van der Waals surface area contributed by atoms with Crippen molar-refractivity contribution >= 4 is 0 Å². The Morgan fingerprint density at radius 3 is 2.43 bits per heavy atom. The van der Waals surface area contributed by atoms with Crippen LogP contribution in [0, 0.1) is 0 Å². The third kappa shape index (κ3) is 6.23. The predicted molar refractivity (Wildman–Crippen MR) is 112 cm³/mol. The molecule has 0 saturated carbocycles. The van der Waals surface area contributed by atoms with Gasteiger partial charge in [-0.3, -0.25) is 0 Å². The van der Waals surface area contributed by atoms with Crippen LogP contribution in [0.5, 0.6) is 11.5 Å². The Labute approximate surface area is 168 Å². The molecule has 2 aromatic carbocycles. The molecule has 5 heteroatoms. The molecule has 2 aromatic rings. The Bertz CT molecular complexity index is 710. The fraction of sp³-hybridized carbons (Fsp3) is 0.478. The predicted octanol–water partition coefficient (Wildman–Crippen LogP) is 2.78. The van der Waals surface area contributed by atoms with Crippen LogP contribution in [0.1, 0.15) is 25.8 Å². The maximum absolute atomic E-state index is 10.3. The van der Waals surface area contributed by atoms with E-state index in [0.29, 0.717) is 25.7 Å². The number of hydrogen-bond acceptors (Lipinski definition) is 5. The number of aliphatic hydroxyl groups excluding tert-OH is 1. The van der Waals surface area contributed by atoms with Crippen molar-refractivity contribution in [2.45, 2.75) is 51.0 Å². The minimum absolute atomic E-state index is 0.0696. The maximum Gasteiger partial charge on any atom is 0.161 e. The van der Waals surface area contributed by atoms with Crippen LogP contribution in [0.15, 0.2) is 54.6 Å². The number of nitrogens with one attached hydrogen (secondary N) is 2. The molecule has 0 radical (unpaired) electrons. The summed E-state index contributed by atoms with van der Waals surface area (Å²) < 4.78 is 11.8. The van der Waals surface area contributed by atoms with E-state index in [9.17, 15) is 5.11 Å². The van der Waals surface area contributed by atoms with E-state index in [-0.39, 0.29) is 12.1 Å². The highest BCUT2D eigenvalue weighted by Gasteiger charge is 2.26. The van der Waals surface area contributed by atoms with Crippen molar-refractivity contribution in [3.63, 3.8) is 0 Å². The standard InChI is InChI=1S/C23H32N2O3/c1-17(12-13-19-8-4-3-5-9-19)24-14-20(26)15-25-18(2)23-16-27-21-10-6-7-11-22(21)28-23/h3-11,17-18,20,23-26H,12-16H2,1-2H3/t17-,18-,20-,23+/m0/s1. The second kappa shape index (κ2) is 10.5. The first kappa shape index (κ1) is 20.6. The van der Waals surface area contributed by atoms with Crippen LogP contribution >= 0.6 is 0 Å². The van der Waals surface area contributed by atoms with Gasteiger partial charge in [0.15, 0.2) is 11.5 Å². The average molecular weight is 385 g/mol. The van der Waals surface area contributed by atoms with E-state index in [1.54, 1.807) is 0 Å². The van der Waals surface area contributed by atoms with E-state index >= 15 is 0 Å². The van der Waals surface area contributed by atoms with Crippen LogP contribution in [-0.2, 0) is 6.42 Å². The summed E-state index contributed by atoms with van der Waals surface area (Å²) >= 11 is 0. The summed E-state index contributed by atoms with van der Waals surface area (Å²) in [6.07, 6.45) is 1.58. The quantitative estimate of drug-likeness (QED) is 0.588. The maximum atomic E-state index is 10.3. The fourth-order valence-electron chi connectivity index (χ4n) is 3.27. The van der Waals surface area contributed by atoms with Crippen molar-refractivity contribution in [3.05, 3.63) is 60.2 Å². The lowest BCUT2D eigenvalue weighted by atomic mass is 10.1. The highest BCUT2D eigenvalue weighted by molar-refractivity contribution is 5.40. The molecule has 152 valence electrons. The lowest BCUT2D eigenvalue weighted by Gasteiger charge is -2.31. The minimum atomic E-state index is -0.446. The van der Waals surface area contributed by atoms with Crippen LogP contribution in [0.2, 0.25) is 0 Å². The van der Waals surface area contributed by atoms with Gasteiger partial charge in [0.2, 0.25) is 0 Å². The van der Waals surface area contributed by atoms with E-state index in [1.807, 2.05) is 30.3 Å². The van der Waals surface area contributed by atoms with Gasteiger partial charge in [-0.25, -0.2) is 0 Å². The molecule has 3 N–H and O–H groups in total. The summed E-state index contributed by atoms with van der Waals surface area (Å²) in [5, 5.41) is 17.1. The number of fused-ring (bicyclic) bond motifs is 1. The van der Waals surface area contributed by atoms with E-state index in [1.165, 1.54) is 5.56 Å². The van der Waals surface area contributed by atoms with Crippen molar-refractivity contribution in [1.82, 2.24) is 10.6 Å². The first-order valence-corrected chi connectivity index (χ1v) is 10.2. The number of aliphatic hydroxyl groups is 1. The van der Waals surface area contributed by atoms with Gasteiger partial charge in [0.1, 0.15) is 12.7 Å². The van der Waals surface area contributed by atoms with Gasteiger partial charge in [-0.15, -0.1) is 0 Å². The summed E-state index contributed by atoms with van der Waals surface area (Å²) in [5.41, 5.74) is 1.35. The largest absolute Gasteiger partial charge is 0.486 e. The van der Waals surface area contributed by atoms with Gasteiger partial charge in [-0.05, 0) is 44.4 Å². The van der Waals surface area contributed by atoms with Crippen molar-refractivity contribution in [2.75, 3.05) is 19.7 Å². The number of aryl methyl sites for hydroxylation is 1. The SMILES string of the molecule is C[C@H](NC[C@@H](O)CN[C@@H](C)CCc1ccccc1)[C@H]1COc2ccccc2O1. The minimum Gasteiger partial charge on any atom is -0.486 e. The topological polar surface area (TPSA) is 62.8 Å². The zero-order chi connectivity index (χ0) is 19.8. The number of para-hydroxylation sites is 2. The monoisotopic (exact) mass is 384 g/mol. The van der Waals surface area contributed by atoms with E-state index in [2.05, 4.69) is 48.7 Å². The highest BCUT2D eigenvalue weighted by Crippen LogP contribution is 2.31. The lowest BCUT2D eigenvalue weighted by molar-refractivity contribution is 0.0611. The van der Waals surface area contributed by atoms with Gasteiger partial charge in [0.05, 0.1) is 6.10 Å². The molecule has 28 heavy (non-hydrogen) atoms. The molecule has 0 bridgehead atoms. The molecule has 0 fully saturated rings. The van der Waals surface area contributed by atoms with Crippen molar-refractivity contribution in [2.24, 2.45) is 0 Å². The number of rotatable bonds is 10. The molecule has 1 aliphatic rings. The molecule has 4 atom stereocenters. The number of benzene rings is 2. The van der Waals surface area contributed by atoms with Gasteiger partial charge in [0, 0.05) is 25.2 Å². The molecular weight excluding hydrogens is 352 g/mol. The molecule has 1 aliphatic heterocycles. The fourth-order valence-corrected chi connectivity index (χ4v) is 3.27. The van der Waals surface area contributed by atoms with Gasteiger partial charge < -0.3 is 25.2 Å². The second-order valence-electron chi connectivity index (χ2n) is 7.60. The Morgan fingerprint density at radius 2 is 1.64 bits per heavy atom. The van der Waals surface area contributed by atoms with E-state index < -0.39 is 6.10 Å². The molecule has 0 aromatic heterocycles. The summed E-state index contributed by atoms with van der Waals surface area (Å²) in [4.78, 5) is 0. The zero-order valence-electron chi connectivity index (χ0n) is 16.8. The molecule has 0 spiro atoms. The lowest BCUT2D eigenvalue weighted by Crippen LogP contribution is -2.49. The molecule has 0 unspecified atom stereocenters. The number of ether oxygens (including phenoxy) is 2. The molecule has 1 heterocycles. The van der Waals surface area contributed by atoms with E-state index in [0.717, 1.165) is 24.3 Å². The van der Waals surface area contributed by atoms with Crippen molar-refractivity contribution in [3.8, 4) is 11.5 Å². The highest BCUT2D eigenvalue weighted by atomic mass is 16.6. The second-order valence-corrected chi connectivity index (χ2v) is 7.60. The summed E-state index contributed by atoms with van der Waals surface area (Å²) in [5.74, 6) is 1.57. The molecule has 3 rings (SSSR count). The van der Waals surface area contributed by atoms with Gasteiger partial charge >= 0.3 is 0 Å². The van der Waals surface area contributed by atoms with Gasteiger partial charge in [0.25, 0.3) is 0 Å². The number of hydrogen-bond donors (Lipinski definition) is 3. The average Bonchev–Trinajstić information content (AvgIpc) is 2.75. The van der Waals surface area contributed by atoms with Crippen LogP contribution in [0.3, 0.4) is 0 Å². The van der Waals surface area contributed by atoms with Crippen molar-refractivity contribution in [1.29, 1.82) is 0 Å². The third-order valence-corrected chi connectivity index (χ3v) is 5.17. The first-order valence-electron chi connectivity index (χ1n) is 10.2. The summed E-state index contributed by atoms with van der Waals surface area (Å²) in [6, 6.07) is 18.7. The van der Waals surface area contributed by atoms with Crippen LogP contribution in [0.4, 0.5) is 0 Å². The van der Waals surface area contributed by atoms with Crippen LogP contribution < -0.4 is 20.1 Å². The smallest absolute Gasteiger partial charge is 0.161 e.